The van der Waals surface area contributed by atoms with Crippen LogP contribution in [0.4, 0.5) is 0 Å². The van der Waals surface area contributed by atoms with Crippen LogP contribution in [0.5, 0.6) is 0 Å². The van der Waals surface area contributed by atoms with E-state index < -0.39 is 30.9 Å². The highest BCUT2D eigenvalue weighted by molar-refractivity contribution is 5.84. The third-order valence-electron chi connectivity index (χ3n) is 1.44. The fourth-order valence-electron chi connectivity index (χ4n) is 0.416. The maximum absolute atomic E-state index is 9.76. The number of hydrogen-bond donors (Lipinski definition) is 5. The van der Waals surface area contributed by atoms with E-state index in [0.29, 0.717) is 0 Å². The molecule has 0 aliphatic carbocycles. The van der Waals surface area contributed by atoms with Crippen LogP contribution in [-0.2, 0) is 9.59 Å². The Morgan fingerprint density at radius 3 is 1.94 bits per heavy atom. The van der Waals surface area contributed by atoms with Gasteiger partial charge in [0, 0.05) is 5.57 Å². The zero-order chi connectivity index (χ0) is 13.3. The number of aldehydes is 1. The van der Waals surface area contributed by atoms with E-state index in [9.17, 15) is 9.59 Å². The molecule has 94 valence electrons. The van der Waals surface area contributed by atoms with Gasteiger partial charge in [0.25, 0.3) is 0 Å². The first kappa shape index (κ1) is 17.1. The summed E-state index contributed by atoms with van der Waals surface area (Å²) in [5, 5.41) is 41.9. The smallest absolute Gasteiger partial charge is 0.330 e. The normalized spacial score (nSPS) is 15.1. The lowest BCUT2D eigenvalue weighted by molar-refractivity contribution is -0.132. The predicted octanol–water partition coefficient (Wildman–Crippen LogP) is -2.09. The van der Waals surface area contributed by atoms with E-state index in [4.69, 9.17) is 25.5 Å². The molecule has 0 aliphatic rings. The first-order valence-electron chi connectivity index (χ1n) is 4.27. The highest BCUT2D eigenvalue weighted by atomic mass is 16.4. The molecule has 0 aromatic rings. The van der Waals surface area contributed by atoms with Gasteiger partial charge in [0.2, 0.25) is 0 Å². The number of aliphatic hydroxyl groups excluding tert-OH is 4. The number of carboxylic acid groups (broad SMARTS) is 1. The van der Waals surface area contributed by atoms with Gasteiger partial charge in [0.1, 0.15) is 18.3 Å². The Labute approximate surface area is 92.3 Å². The van der Waals surface area contributed by atoms with Crippen LogP contribution in [-0.4, -0.2) is 62.7 Å². The molecule has 0 rings (SSSR count). The molecule has 0 fully saturated rings. The number of aliphatic hydroxyl groups is 4. The standard InChI is InChI=1S/C5H10O5.C4H6O2/c6-1-3(8)5(10)4(9)2-7;1-3(2)4(5)6/h1,3-5,7-10H,2H2;1H2,2H3,(H,5,6)/t3-,4+,5+;/m0./s1. The summed E-state index contributed by atoms with van der Waals surface area (Å²) in [5.74, 6) is -0.935. The van der Waals surface area contributed by atoms with Gasteiger partial charge in [-0.1, -0.05) is 6.58 Å². The summed E-state index contributed by atoms with van der Waals surface area (Å²) in [6.45, 7) is 3.91. The molecule has 0 radical (unpaired) electrons. The average Bonchev–Trinajstić information content (AvgIpc) is 2.26. The Balaban J connectivity index is 0. The fourth-order valence-corrected chi connectivity index (χ4v) is 0.416. The molecular weight excluding hydrogens is 220 g/mol. The van der Waals surface area contributed by atoms with Gasteiger partial charge in [-0.3, -0.25) is 0 Å². The van der Waals surface area contributed by atoms with E-state index >= 15 is 0 Å². The third-order valence-corrected chi connectivity index (χ3v) is 1.44. The summed E-state index contributed by atoms with van der Waals surface area (Å²) >= 11 is 0. The second kappa shape index (κ2) is 8.98. The Hall–Kier alpha value is -1.28. The van der Waals surface area contributed by atoms with E-state index in [1.807, 2.05) is 0 Å². The van der Waals surface area contributed by atoms with Crippen molar-refractivity contribution in [1.82, 2.24) is 0 Å². The van der Waals surface area contributed by atoms with E-state index in [0.717, 1.165) is 0 Å². The van der Waals surface area contributed by atoms with Gasteiger partial charge < -0.3 is 30.3 Å². The number of carbonyl (C=O) groups excluding carboxylic acids is 1. The van der Waals surface area contributed by atoms with Crippen molar-refractivity contribution < 1.29 is 35.1 Å². The van der Waals surface area contributed by atoms with Crippen LogP contribution >= 0.6 is 0 Å². The summed E-state index contributed by atoms with van der Waals surface area (Å²) in [7, 11) is 0. The van der Waals surface area contributed by atoms with E-state index in [-0.39, 0.29) is 11.9 Å². The Kier molecular flexibility index (Phi) is 9.61. The molecule has 0 aromatic carbocycles. The minimum absolute atomic E-state index is 0.0869. The second-order valence-electron chi connectivity index (χ2n) is 2.95. The van der Waals surface area contributed by atoms with E-state index in [2.05, 4.69) is 6.58 Å². The summed E-state index contributed by atoms with van der Waals surface area (Å²) in [4.78, 5) is 19.4. The maximum atomic E-state index is 9.76. The summed E-state index contributed by atoms with van der Waals surface area (Å²) in [5.41, 5.74) is 0.176. The Morgan fingerprint density at radius 1 is 1.38 bits per heavy atom. The first-order valence-corrected chi connectivity index (χ1v) is 4.27. The summed E-state index contributed by atoms with van der Waals surface area (Å²) < 4.78 is 0. The molecule has 7 nitrogen and oxygen atoms in total. The van der Waals surface area contributed by atoms with E-state index in [1.165, 1.54) is 6.92 Å². The lowest BCUT2D eigenvalue weighted by Crippen LogP contribution is -2.40. The van der Waals surface area contributed by atoms with Crippen LogP contribution in [0.3, 0.4) is 0 Å². The lowest BCUT2D eigenvalue weighted by atomic mass is 10.1. The van der Waals surface area contributed by atoms with E-state index in [1.54, 1.807) is 0 Å². The molecular formula is C9H16O7. The minimum atomic E-state index is -1.64. The average molecular weight is 236 g/mol. The predicted molar refractivity (Wildman–Crippen MR) is 53.6 cm³/mol. The molecule has 0 spiro atoms. The lowest BCUT2D eigenvalue weighted by Gasteiger charge is -2.16. The number of rotatable bonds is 5. The van der Waals surface area contributed by atoms with Crippen molar-refractivity contribution in [2.24, 2.45) is 0 Å². The third kappa shape index (κ3) is 8.06. The van der Waals surface area contributed by atoms with Gasteiger partial charge in [-0.2, -0.15) is 0 Å². The van der Waals surface area contributed by atoms with Gasteiger partial charge in [0.15, 0.2) is 6.29 Å². The van der Waals surface area contributed by atoms with Crippen molar-refractivity contribution in [3.05, 3.63) is 12.2 Å². The van der Waals surface area contributed by atoms with Gasteiger partial charge in [-0.05, 0) is 6.92 Å². The topological polar surface area (TPSA) is 135 Å². The molecule has 0 unspecified atom stereocenters. The van der Waals surface area contributed by atoms with Gasteiger partial charge >= 0.3 is 5.97 Å². The number of carbonyl (C=O) groups is 2. The van der Waals surface area contributed by atoms with Crippen LogP contribution in [0, 0.1) is 0 Å². The molecule has 0 amide bonds. The molecule has 7 heteroatoms. The van der Waals surface area contributed by atoms with Crippen molar-refractivity contribution >= 4 is 12.3 Å². The highest BCUT2D eigenvalue weighted by Crippen LogP contribution is 1.96. The molecule has 5 N–H and O–H groups in total. The van der Waals surface area contributed by atoms with Crippen molar-refractivity contribution in [1.29, 1.82) is 0 Å². The maximum Gasteiger partial charge on any atom is 0.330 e. The van der Waals surface area contributed by atoms with Crippen LogP contribution in [0.2, 0.25) is 0 Å². The Bertz CT molecular complexity index is 226. The number of aliphatic carboxylic acids is 1. The largest absolute Gasteiger partial charge is 0.478 e. The molecule has 3 atom stereocenters. The molecule has 0 aromatic heterocycles. The molecule has 0 heterocycles. The number of carboxylic acids is 1. The molecule has 16 heavy (non-hydrogen) atoms. The molecule has 0 saturated heterocycles. The zero-order valence-corrected chi connectivity index (χ0v) is 8.78. The SMILES string of the molecule is C=C(C)C(=O)O.O=C[C@H](O)[C@@H](O)[C@H](O)CO. The van der Waals surface area contributed by atoms with Crippen LogP contribution in [0.15, 0.2) is 12.2 Å². The van der Waals surface area contributed by atoms with Crippen molar-refractivity contribution in [2.75, 3.05) is 6.61 Å². The van der Waals surface area contributed by atoms with Crippen molar-refractivity contribution in [3.8, 4) is 0 Å². The monoisotopic (exact) mass is 236 g/mol. The fraction of sp³-hybridized carbons (Fsp3) is 0.556. The van der Waals surface area contributed by atoms with Gasteiger partial charge in [-0.15, -0.1) is 0 Å². The Morgan fingerprint density at radius 2 is 1.75 bits per heavy atom. The quantitative estimate of drug-likeness (QED) is 0.273. The zero-order valence-electron chi connectivity index (χ0n) is 8.78. The summed E-state index contributed by atoms with van der Waals surface area (Å²) in [6.07, 6.45) is -4.63. The van der Waals surface area contributed by atoms with Gasteiger partial charge in [0.05, 0.1) is 6.61 Å². The first-order chi connectivity index (χ1) is 7.27. The minimum Gasteiger partial charge on any atom is -0.478 e. The van der Waals surface area contributed by atoms with Crippen molar-refractivity contribution in [3.63, 3.8) is 0 Å². The van der Waals surface area contributed by atoms with Crippen molar-refractivity contribution in [2.45, 2.75) is 25.2 Å². The second-order valence-corrected chi connectivity index (χ2v) is 2.95. The highest BCUT2D eigenvalue weighted by Gasteiger charge is 2.22. The molecule has 0 aliphatic heterocycles. The van der Waals surface area contributed by atoms with Gasteiger partial charge in [-0.25, -0.2) is 4.79 Å². The molecule has 0 saturated carbocycles. The number of hydrogen-bond acceptors (Lipinski definition) is 6. The van der Waals surface area contributed by atoms with Crippen LogP contribution < -0.4 is 0 Å². The van der Waals surface area contributed by atoms with Crippen LogP contribution in [0.25, 0.3) is 0 Å². The van der Waals surface area contributed by atoms with Crippen LogP contribution in [0.1, 0.15) is 6.92 Å². The summed E-state index contributed by atoms with van der Waals surface area (Å²) in [6, 6.07) is 0. The molecule has 0 bridgehead atoms.